The lowest BCUT2D eigenvalue weighted by atomic mass is 10.3. The van der Waals surface area contributed by atoms with Crippen molar-refractivity contribution in [2.24, 2.45) is 0 Å². The molecule has 10 heteroatoms. The first-order chi connectivity index (χ1) is 14.9. The fourth-order valence-electron chi connectivity index (χ4n) is 2.67. The van der Waals surface area contributed by atoms with Crippen molar-refractivity contribution in [2.45, 2.75) is 10.6 Å². The molecule has 0 spiro atoms. The summed E-state index contributed by atoms with van der Waals surface area (Å²) in [5.74, 6) is 0.438. The van der Waals surface area contributed by atoms with Crippen LogP contribution in [0.4, 0.5) is 14.5 Å². The van der Waals surface area contributed by atoms with Gasteiger partial charge in [0.25, 0.3) is 10.0 Å². The summed E-state index contributed by atoms with van der Waals surface area (Å²) < 4.78 is 58.8. The van der Waals surface area contributed by atoms with Crippen LogP contribution in [0.5, 0.6) is 0 Å². The zero-order valence-corrected chi connectivity index (χ0v) is 18.0. The second-order valence-electron chi connectivity index (χ2n) is 6.42. The van der Waals surface area contributed by atoms with E-state index in [1.54, 1.807) is 24.1 Å². The van der Waals surface area contributed by atoms with Gasteiger partial charge in [-0.1, -0.05) is 0 Å². The molecule has 1 amide bonds. The molecule has 0 unspecified atom stereocenters. The van der Waals surface area contributed by atoms with E-state index in [0.29, 0.717) is 18.1 Å². The van der Waals surface area contributed by atoms with Gasteiger partial charge in [0.15, 0.2) is 0 Å². The summed E-state index contributed by atoms with van der Waals surface area (Å²) in [6, 6.07) is 12.7. The topological polar surface area (TPSA) is 79.6 Å². The number of hydrogen-bond donors (Lipinski definition) is 1. The highest BCUT2D eigenvalue weighted by Crippen LogP contribution is 2.24. The van der Waals surface area contributed by atoms with Gasteiger partial charge in [0.2, 0.25) is 5.91 Å². The molecular formula is C21H20F2N2O4S2. The first-order valence-corrected chi connectivity index (χ1v) is 11.9. The van der Waals surface area contributed by atoms with Crippen LogP contribution >= 0.6 is 11.8 Å². The van der Waals surface area contributed by atoms with E-state index in [2.05, 4.69) is 5.32 Å². The van der Waals surface area contributed by atoms with Crippen LogP contribution < -0.4 is 9.62 Å². The maximum atomic E-state index is 13.3. The average Bonchev–Trinajstić information content (AvgIpc) is 3.26. The Morgan fingerprint density at radius 3 is 2.26 bits per heavy atom. The predicted molar refractivity (Wildman–Crippen MR) is 115 cm³/mol. The number of sulfonamides is 1. The number of halogens is 2. The minimum atomic E-state index is -4.18. The number of carbonyl (C=O) groups excluding carboxylic acids is 1. The smallest absolute Gasteiger partial charge is 0.264 e. The number of anilines is 1. The zero-order valence-electron chi connectivity index (χ0n) is 16.3. The van der Waals surface area contributed by atoms with Crippen molar-refractivity contribution in [3.05, 3.63) is 84.3 Å². The highest BCUT2D eigenvalue weighted by atomic mass is 32.2. The molecule has 0 radical (unpaired) electrons. The Bertz CT molecular complexity index is 1090. The second-order valence-corrected chi connectivity index (χ2v) is 9.39. The number of furan rings is 1. The van der Waals surface area contributed by atoms with E-state index in [9.17, 15) is 22.0 Å². The van der Waals surface area contributed by atoms with E-state index in [1.165, 1.54) is 12.1 Å². The molecule has 0 aliphatic heterocycles. The van der Waals surface area contributed by atoms with Crippen molar-refractivity contribution in [3.8, 4) is 0 Å². The molecule has 0 aliphatic carbocycles. The van der Waals surface area contributed by atoms with Gasteiger partial charge in [-0.15, -0.1) is 0 Å². The summed E-state index contributed by atoms with van der Waals surface area (Å²) in [4.78, 5) is 12.3. The average molecular weight is 467 g/mol. The van der Waals surface area contributed by atoms with Gasteiger partial charge in [0.1, 0.15) is 23.9 Å². The summed E-state index contributed by atoms with van der Waals surface area (Å²) in [7, 11) is -4.18. The first-order valence-electron chi connectivity index (χ1n) is 9.27. The summed E-state index contributed by atoms with van der Waals surface area (Å²) >= 11 is 1.56. The van der Waals surface area contributed by atoms with Crippen molar-refractivity contribution < 1.29 is 26.4 Å². The fraction of sp³-hybridized carbons (Fsp3) is 0.190. The normalized spacial score (nSPS) is 11.3. The van der Waals surface area contributed by atoms with Crippen molar-refractivity contribution in [2.75, 3.05) is 23.1 Å². The van der Waals surface area contributed by atoms with E-state index < -0.39 is 34.1 Å². The van der Waals surface area contributed by atoms with E-state index in [4.69, 9.17) is 4.42 Å². The summed E-state index contributed by atoms with van der Waals surface area (Å²) in [6.45, 7) is -0.174. The van der Waals surface area contributed by atoms with Gasteiger partial charge in [-0.3, -0.25) is 9.10 Å². The highest BCUT2D eigenvalue weighted by molar-refractivity contribution is 7.98. The fourth-order valence-corrected chi connectivity index (χ4v) is 4.85. The Morgan fingerprint density at radius 1 is 1.00 bits per heavy atom. The molecule has 2 aromatic carbocycles. The molecule has 164 valence electrons. The molecule has 6 nitrogen and oxygen atoms in total. The molecule has 3 aromatic rings. The van der Waals surface area contributed by atoms with E-state index in [0.717, 1.165) is 46.5 Å². The molecular weight excluding hydrogens is 446 g/mol. The van der Waals surface area contributed by atoms with Crippen molar-refractivity contribution in [1.29, 1.82) is 0 Å². The van der Waals surface area contributed by atoms with Gasteiger partial charge in [-0.25, -0.2) is 17.2 Å². The molecule has 0 saturated carbocycles. The monoisotopic (exact) mass is 466 g/mol. The summed E-state index contributed by atoms with van der Waals surface area (Å²) in [6.07, 6.45) is 1.59. The zero-order chi connectivity index (χ0) is 22.3. The molecule has 1 aromatic heterocycles. The van der Waals surface area contributed by atoms with Crippen molar-refractivity contribution >= 4 is 33.4 Å². The van der Waals surface area contributed by atoms with Gasteiger partial charge in [0.05, 0.1) is 22.6 Å². The second kappa shape index (κ2) is 10.5. The largest absolute Gasteiger partial charge is 0.468 e. The van der Waals surface area contributed by atoms with Gasteiger partial charge < -0.3 is 9.73 Å². The van der Waals surface area contributed by atoms with Gasteiger partial charge in [0, 0.05) is 12.3 Å². The molecule has 0 atom stereocenters. The van der Waals surface area contributed by atoms with E-state index >= 15 is 0 Å². The molecule has 3 rings (SSSR count). The number of rotatable bonds is 10. The first kappa shape index (κ1) is 22.8. The van der Waals surface area contributed by atoms with Crippen molar-refractivity contribution in [3.63, 3.8) is 0 Å². The third kappa shape index (κ3) is 6.31. The minimum Gasteiger partial charge on any atom is -0.468 e. The summed E-state index contributed by atoms with van der Waals surface area (Å²) in [5, 5.41) is 2.68. The summed E-state index contributed by atoms with van der Waals surface area (Å²) in [5.41, 5.74) is 0.119. The lowest BCUT2D eigenvalue weighted by molar-refractivity contribution is -0.119. The highest BCUT2D eigenvalue weighted by Gasteiger charge is 2.27. The lowest BCUT2D eigenvalue weighted by Gasteiger charge is -2.24. The third-order valence-corrected chi connectivity index (χ3v) is 6.97. The van der Waals surface area contributed by atoms with Crippen LogP contribution in [0.25, 0.3) is 0 Å². The van der Waals surface area contributed by atoms with Crippen LogP contribution in [0, 0.1) is 11.6 Å². The van der Waals surface area contributed by atoms with Crippen molar-refractivity contribution in [1.82, 2.24) is 5.32 Å². The maximum absolute atomic E-state index is 13.3. The van der Waals surface area contributed by atoms with Crippen LogP contribution in [0.15, 0.2) is 76.2 Å². The molecule has 31 heavy (non-hydrogen) atoms. The van der Waals surface area contributed by atoms with Crippen LogP contribution in [0.3, 0.4) is 0 Å². The number of nitrogens with one attached hydrogen (secondary N) is 1. The minimum absolute atomic E-state index is 0.119. The Kier molecular flexibility index (Phi) is 7.69. The van der Waals surface area contributed by atoms with E-state index in [1.807, 2.05) is 6.07 Å². The third-order valence-electron chi connectivity index (χ3n) is 4.20. The van der Waals surface area contributed by atoms with Gasteiger partial charge in [-0.2, -0.15) is 11.8 Å². The van der Waals surface area contributed by atoms with Crippen LogP contribution in [-0.2, 0) is 20.6 Å². The van der Waals surface area contributed by atoms with Gasteiger partial charge >= 0.3 is 0 Å². The molecule has 0 fully saturated rings. The Labute approximate surface area is 183 Å². The molecule has 0 saturated heterocycles. The molecule has 0 aliphatic rings. The predicted octanol–water partition coefficient (Wildman–Crippen LogP) is 3.80. The van der Waals surface area contributed by atoms with E-state index in [-0.39, 0.29) is 10.6 Å². The quantitative estimate of drug-likeness (QED) is 0.460. The Balaban J connectivity index is 1.67. The standard InChI is InChI=1S/C21H20F2N2O4S2/c22-16-3-7-18(8-4-16)25(31(27,28)20-9-5-17(23)6-10-20)14-21(26)24-11-13-30-15-19-2-1-12-29-19/h1-10,12H,11,13-15H2,(H,24,26). The Hall–Kier alpha value is -2.85. The van der Waals surface area contributed by atoms with Crippen LogP contribution in [-0.4, -0.2) is 33.2 Å². The Morgan fingerprint density at radius 2 is 1.65 bits per heavy atom. The number of carbonyl (C=O) groups is 1. The van der Waals surface area contributed by atoms with Crippen LogP contribution in [0.2, 0.25) is 0 Å². The number of thioether (sulfide) groups is 1. The van der Waals surface area contributed by atoms with Crippen LogP contribution in [0.1, 0.15) is 5.76 Å². The maximum Gasteiger partial charge on any atom is 0.264 e. The number of amides is 1. The molecule has 0 bridgehead atoms. The number of benzene rings is 2. The number of hydrogen-bond acceptors (Lipinski definition) is 5. The lowest BCUT2D eigenvalue weighted by Crippen LogP contribution is -2.41. The number of nitrogens with zero attached hydrogens (tertiary/aromatic N) is 1. The molecule has 1 heterocycles. The molecule has 1 N–H and O–H groups in total. The SMILES string of the molecule is O=C(CN(c1ccc(F)cc1)S(=O)(=O)c1ccc(F)cc1)NCCSCc1ccco1. The van der Waals surface area contributed by atoms with Gasteiger partial charge in [-0.05, 0) is 60.7 Å².